The maximum Gasteiger partial charge on any atom is 0.109 e. The minimum atomic E-state index is -0.397. The first-order valence-corrected chi connectivity index (χ1v) is 6.58. The van der Waals surface area contributed by atoms with Gasteiger partial charge in [0.2, 0.25) is 0 Å². The van der Waals surface area contributed by atoms with Gasteiger partial charge in [-0.2, -0.15) is 10.2 Å². The van der Waals surface area contributed by atoms with Crippen molar-refractivity contribution >= 4 is 5.69 Å². The molecule has 19 heavy (non-hydrogen) atoms. The van der Waals surface area contributed by atoms with Crippen molar-refractivity contribution in [3.63, 3.8) is 0 Å². The van der Waals surface area contributed by atoms with Gasteiger partial charge in [0.05, 0.1) is 30.3 Å². The summed E-state index contributed by atoms with van der Waals surface area (Å²) in [6.45, 7) is 5.61. The van der Waals surface area contributed by atoms with Crippen LogP contribution < -0.4 is 5.32 Å². The molecule has 0 amide bonds. The first-order valence-electron chi connectivity index (χ1n) is 6.58. The molecule has 0 atom stereocenters. The van der Waals surface area contributed by atoms with E-state index in [1.165, 1.54) is 0 Å². The Balaban J connectivity index is 1.94. The van der Waals surface area contributed by atoms with Gasteiger partial charge < -0.3 is 5.32 Å². The van der Waals surface area contributed by atoms with Crippen molar-refractivity contribution < 1.29 is 4.39 Å². The second-order valence-corrected chi connectivity index (χ2v) is 4.52. The average Bonchev–Trinajstić information content (AvgIpc) is 2.97. The summed E-state index contributed by atoms with van der Waals surface area (Å²) in [7, 11) is 0. The van der Waals surface area contributed by atoms with E-state index in [4.69, 9.17) is 0 Å². The van der Waals surface area contributed by atoms with E-state index in [2.05, 4.69) is 22.4 Å². The lowest BCUT2D eigenvalue weighted by Gasteiger charge is -2.05. The van der Waals surface area contributed by atoms with E-state index in [1.54, 1.807) is 10.9 Å². The third kappa shape index (κ3) is 3.33. The van der Waals surface area contributed by atoms with Gasteiger partial charge >= 0.3 is 0 Å². The molecule has 2 aromatic rings. The van der Waals surface area contributed by atoms with Gasteiger partial charge in [0.15, 0.2) is 0 Å². The molecule has 0 unspecified atom stereocenters. The summed E-state index contributed by atoms with van der Waals surface area (Å²) in [6.07, 6.45) is 6.72. The van der Waals surface area contributed by atoms with Crippen LogP contribution in [0.3, 0.4) is 0 Å². The number of anilines is 1. The summed E-state index contributed by atoms with van der Waals surface area (Å²) in [5, 5.41) is 11.7. The highest BCUT2D eigenvalue weighted by Crippen LogP contribution is 2.14. The van der Waals surface area contributed by atoms with Crippen LogP contribution in [-0.4, -0.2) is 26.2 Å². The highest BCUT2D eigenvalue weighted by atomic mass is 19.1. The van der Waals surface area contributed by atoms with Gasteiger partial charge in [0.1, 0.15) is 6.67 Å². The normalized spacial score (nSPS) is 10.9. The van der Waals surface area contributed by atoms with Crippen LogP contribution in [0.15, 0.2) is 18.6 Å². The molecule has 0 aromatic carbocycles. The first-order chi connectivity index (χ1) is 9.24. The number of aromatic nitrogens is 4. The predicted molar refractivity (Wildman–Crippen MR) is 72.8 cm³/mol. The third-order valence-corrected chi connectivity index (χ3v) is 3.02. The Hall–Kier alpha value is -1.85. The van der Waals surface area contributed by atoms with Crippen molar-refractivity contribution in [3.05, 3.63) is 29.8 Å². The van der Waals surface area contributed by atoms with Crippen molar-refractivity contribution in [1.29, 1.82) is 0 Å². The Morgan fingerprint density at radius 2 is 2.11 bits per heavy atom. The topological polar surface area (TPSA) is 47.7 Å². The van der Waals surface area contributed by atoms with E-state index in [0.29, 0.717) is 13.1 Å². The summed E-state index contributed by atoms with van der Waals surface area (Å²) in [5.74, 6) is 0. The van der Waals surface area contributed by atoms with Crippen LogP contribution in [0.4, 0.5) is 10.1 Å². The van der Waals surface area contributed by atoms with E-state index in [-0.39, 0.29) is 0 Å². The average molecular weight is 265 g/mol. The molecular formula is C13H20FN5. The van der Waals surface area contributed by atoms with Crippen LogP contribution in [-0.2, 0) is 19.6 Å². The zero-order valence-electron chi connectivity index (χ0n) is 11.4. The van der Waals surface area contributed by atoms with Crippen LogP contribution in [0.5, 0.6) is 0 Å². The number of nitrogens with zero attached hydrogens (tertiary/aromatic N) is 4. The molecule has 0 bridgehead atoms. The lowest BCUT2D eigenvalue weighted by atomic mass is 10.3. The summed E-state index contributed by atoms with van der Waals surface area (Å²) in [5.41, 5.74) is 3.03. The molecule has 0 fully saturated rings. The predicted octanol–water partition coefficient (Wildman–Crippen LogP) is 2.38. The van der Waals surface area contributed by atoms with Gasteiger partial charge in [-0.15, -0.1) is 0 Å². The molecule has 2 rings (SSSR count). The van der Waals surface area contributed by atoms with E-state index < -0.39 is 6.67 Å². The number of alkyl halides is 1. The van der Waals surface area contributed by atoms with E-state index >= 15 is 0 Å². The molecule has 0 aliphatic rings. The number of hydrogen-bond donors (Lipinski definition) is 1. The second kappa shape index (κ2) is 6.36. The molecule has 0 radical (unpaired) electrons. The molecule has 6 heteroatoms. The maximum absolute atomic E-state index is 12.3. The fourth-order valence-electron chi connectivity index (χ4n) is 1.97. The fraction of sp³-hybridized carbons (Fsp3) is 0.538. The highest BCUT2D eigenvalue weighted by Gasteiger charge is 2.06. The van der Waals surface area contributed by atoms with Crippen LogP contribution in [0.25, 0.3) is 0 Å². The van der Waals surface area contributed by atoms with Crippen LogP contribution in [0, 0.1) is 6.92 Å². The number of rotatable bonds is 7. The van der Waals surface area contributed by atoms with Crippen LogP contribution in [0.2, 0.25) is 0 Å². The SMILES string of the molecule is CCCn1cc(CNc2cnn(CCF)c2C)cn1. The second-order valence-electron chi connectivity index (χ2n) is 4.52. The summed E-state index contributed by atoms with van der Waals surface area (Å²) < 4.78 is 15.9. The summed E-state index contributed by atoms with van der Waals surface area (Å²) >= 11 is 0. The number of nitrogens with one attached hydrogen (secondary N) is 1. The third-order valence-electron chi connectivity index (χ3n) is 3.02. The van der Waals surface area contributed by atoms with Gasteiger partial charge in [-0.25, -0.2) is 4.39 Å². The minimum Gasteiger partial charge on any atom is -0.378 e. The van der Waals surface area contributed by atoms with Crippen LogP contribution in [0.1, 0.15) is 24.6 Å². The fourth-order valence-corrected chi connectivity index (χ4v) is 1.97. The summed E-state index contributed by atoms with van der Waals surface area (Å²) in [4.78, 5) is 0. The Morgan fingerprint density at radius 1 is 1.26 bits per heavy atom. The van der Waals surface area contributed by atoms with Crippen molar-refractivity contribution in [3.8, 4) is 0 Å². The standard InChI is InChI=1S/C13H20FN5/c1-3-5-18-10-12(8-16-18)7-15-13-9-17-19(6-4-14)11(13)2/h8-10,15H,3-7H2,1-2H3. The van der Waals surface area contributed by atoms with Crippen molar-refractivity contribution in [2.24, 2.45) is 0 Å². The zero-order valence-corrected chi connectivity index (χ0v) is 11.4. The lowest BCUT2D eigenvalue weighted by molar-refractivity contribution is 0.423. The summed E-state index contributed by atoms with van der Waals surface area (Å²) in [6, 6.07) is 0. The first kappa shape index (κ1) is 13.6. The molecule has 5 nitrogen and oxygen atoms in total. The Morgan fingerprint density at radius 3 is 2.84 bits per heavy atom. The Bertz CT molecular complexity index is 517. The lowest BCUT2D eigenvalue weighted by Crippen LogP contribution is -2.05. The van der Waals surface area contributed by atoms with Gasteiger partial charge in [-0.1, -0.05) is 6.92 Å². The van der Waals surface area contributed by atoms with E-state index in [1.807, 2.05) is 24.0 Å². The monoisotopic (exact) mass is 265 g/mol. The van der Waals surface area contributed by atoms with Crippen molar-refractivity contribution in [1.82, 2.24) is 19.6 Å². The Labute approximate surface area is 112 Å². The molecule has 0 spiro atoms. The van der Waals surface area contributed by atoms with E-state index in [0.717, 1.165) is 29.9 Å². The van der Waals surface area contributed by atoms with Crippen molar-refractivity contribution in [2.45, 2.75) is 39.9 Å². The largest absolute Gasteiger partial charge is 0.378 e. The van der Waals surface area contributed by atoms with E-state index in [9.17, 15) is 4.39 Å². The molecule has 0 saturated heterocycles. The molecule has 0 aliphatic carbocycles. The van der Waals surface area contributed by atoms with Gasteiger partial charge in [-0.05, 0) is 13.3 Å². The molecule has 0 aliphatic heterocycles. The molecule has 2 aromatic heterocycles. The molecule has 0 saturated carbocycles. The van der Waals surface area contributed by atoms with Crippen molar-refractivity contribution in [2.75, 3.05) is 12.0 Å². The molecular weight excluding hydrogens is 245 g/mol. The number of aryl methyl sites for hydroxylation is 2. The quantitative estimate of drug-likeness (QED) is 0.836. The Kier molecular flexibility index (Phi) is 4.54. The zero-order chi connectivity index (χ0) is 13.7. The molecule has 104 valence electrons. The number of halogens is 1. The smallest absolute Gasteiger partial charge is 0.109 e. The highest BCUT2D eigenvalue weighted by molar-refractivity contribution is 5.46. The van der Waals surface area contributed by atoms with Gasteiger partial charge in [0.25, 0.3) is 0 Å². The van der Waals surface area contributed by atoms with Gasteiger partial charge in [-0.3, -0.25) is 9.36 Å². The minimum absolute atomic E-state index is 0.307. The molecule has 2 heterocycles. The number of hydrogen-bond acceptors (Lipinski definition) is 3. The maximum atomic E-state index is 12.3. The molecule has 1 N–H and O–H groups in total. The van der Waals surface area contributed by atoms with Crippen LogP contribution >= 0.6 is 0 Å². The van der Waals surface area contributed by atoms with Gasteiger partial charge in [0, 0.05) is 24.8 Å².